The number of aliphatic hydroxyl groups excluding tert-OH is 1. The van der Waals surface area contributed by atoms with Crippen LogP contribution in [0.5, 0.6) is 11.5 Å². The summed E-state index contributed by atoms with van der Waals surface area (Å²) in [6.45, 7) is 9.79. The molecule has 130 valence electrons. The van der Waals surface area contributed by atoms with Crippen molar-refractivity contribution in [3.8, 4) is 11.5 Å². The van der Waals surface area contributed by atoms with Gasteiger partial charge in [-0.25, -0.2) is 0 Å². The molecule has 0 spiro atoms. The van der Waals surface area contributed by atoms with Crippen molar-refractivity contribution in [3.05, 3.63) is 36.4 Å². The minimum Gasteiger partial charge on any atom is -0.497 e. The number of rotatable bonds is 11. The van der Waals surface area contributed by atoms with Gasteiger partial charge in [0.1, 0.15) is 11.5 Å². The van der Waals surface area contributed by atoms with Crippen molar-refractivity contribution < 1.29 is 19.3 Å². The van der Waals surface area contributed by atoms with Crippen LogP contribution in [0.4, 0.5) is 0 Å². The summed E-state index contributed by atoms with van der Waals surface area (Å²) in [4.78, 5) is 2.19. The van der Waals surface area contributed by atoms with Gasteiger partial charge in [-0.3, -0.25) is 4.90 Å². The van der Waals surface area contributed by atoms with Gasteiger partial charge in [-0.1, -0.05) is 6.08 Å². The molecule has 1 aromatic rings. The molecule has 1 N–H and O–H groups in total. The Morgan fingerprint density at radius 2 is 1.78 bits per heavy atom. The van der Waals surface area contributed by atoms with Gasteiger partial charge in [0.05, 0.1) is 33.5 Å². The van der Waals surface area contributed by atoms with Gasteiger partial charge in [-0.2, -0.15) is 0 Å². The summed E-state index contributed by atoms with van der Waals surface area (Å²) >= 11 is 0. The molecule has 1 aromatic carbocycles. The molecule has 0 saturated carbocycles. The third-order valence-electron chi connectivity index (χ3n) is 3.52. The normalized spacial score (nSPS) is 12.5. The Balaban J connectivity index is 2.73. The van der Waals surface area contributed by atoms with Gasteiger partial charge >= 0.3 is 0 Å². The third kappa shape index (κ3) is 7.03. The molecule has 1 rings (SSSR count). The van der Waals surface area contributed by atoms with Crippen molar-refractivity contribution in [2.24, 2.45) is 0 Å². The van der Waals surface area contributed by atoms with Crippen LogP contribution in [0.1, 0.15) is 19.4 Å². The molecule has 5 nitrogen and oxygen atoms in total. The molecule has 0 aliphatic heterocycles. The number of benzene rings is 1. The van der Waals surface area contributed by atoms with Crippen molar-refractivity contribution in [3.63, 3.8) is 0 Å². The standard InChI is InChI=1S/C18H29NO4/c1-6-7-23-13-16(20)12-19(14(2)3)11-15-8-17(21-4)10-18(9-15)22-5/h6,8-10,14,16,20H,1,7,11-13H2,2-5H3. The van der Waals surface area contributed by atoms with E-state index in [-0.39, 0.29) is 0 Å². The van der Waals surface area contributed by atoms with Gasteiger partial charge in [-0.05, 0) is 31.5 Å². The fraction of sp³-hybridized carbons (Fsp3) is 0.556. The molecule has 1 atom stereocenters. The van der Waals surface area contributed by atoms with E-state index in [4.69, 9.17) is 14.2 Å². The highest BCUT2D eigenvalue weighted by Crippen LogP contribution is 2.24. The molecule has 0 saturated heterocycles. The summed E-state index contributed by atoms with van der Waals surface area (Å²) in [6, 6.07) is 6.11. The van der Waals surface area contributed by atoms with Gasteiger partial charge in [0, 0.05) is 25.2 Å². The summed E-state index contributed by atoms with van der Waals surface area (Å²) in [7, 11) is 3.28. The molecule has 0 fully saturated rings. The minimum absolute atomic E-state index is 0.293. The van der Waals surface area contributed by atoms with E-state index in [1.165, 1.54) is 0 Å². The predicted octanol–water partition coefficient (Wildman–Crippen LogP) is 2.48. The SMILES string of the molecule is C=CCOCC(O)CN(Cc1cc(OC)cc(OC)c1)C(C)C. The average molecular weight is 323 g/mol. The lowest BCUT2D eigenvalue weighted by Crippen LogP contribution is -2.38. The van der Waals surface area contributed by atoms with Crippen molar-refractivity contribution in [1.82, 2.24) is 4.90 Å². The Kier molecular flexibility index (Phi) is 8.69. The Labute approximate surface area is 139 Å². The monoisotopic (exact) mass is 323 g/mol. The molecule has 0 amide bonds. The highest BCUT2D eigenvalue weighted by atomic mass is 16.5. The molecule has 0 aliphatic rings. The lowest BCUT2D eigenvalue weighted by molar-refractivity contribution is 0.0178. The number of aliphatic hydroxyl groups is 1. The fourth-order valence-electron chi connectivity index (χ4n) is 2.26. The fourth-order valence-corrected chi connectivity index (χ4v) is 2.26. The highest BCUT2D eigenvalue weighted by molar-refractivity contribution is 5.38. The lowest BCUT2D eigenvalue weighted by Gasteiger charge is -2.29. The van der Waals surface area contributed by atoms with E-state index in [9.17, 15) is 5.11 Å². The summed E-state index contributed by atoms with van der Waals surface area (Å²) in [6.07, 6.45) is 1.14. The molecule has 0 bridgehead atoms. The summed E-state index contributed by atoms with van der Waals surface area (Å²) in [5.74, 6) is 1.52. The van der Waals surface area contributed by atoms with E-state index >= 15 is 0 Å². The van der Waals surface area contributed by atoms with Crippen molar-refractivity contribution in [2.45, 2.75) is 32.5 Å². The highest BCUT2D eigenvalue weighted by Gasteiger charge is 2.16. The molecular weight excluding hydrogens is 294 g/mol. The van der Waals surface area contributed by atoms with Gasteiger partial charge < -0.3 is 19.3 Å². The molecule has 5 heteroatoms. The van der Waals surface area contributed by atoms with Crippen LogP contribution in [-0.4, -0.2) is 56.1 Å². The van der Waals surface area contributed by atoms with Crippen LogP contribution in [0, 0.1) is 0 Å². The molecular formula is C18H29NO4. The lowest BCUT2D eigenvalue weighted by atomic mass is 10.1. The van der Waals surface area contributed by atoms with Crippen LogP contribution in [0.2, 0.25) is 0 Å². The Hall–Kier alpha value is -1.56. The summed E-state index contributed by atoms with van der Waals surface area (Å²) < 4.78 is 15.9. The van der Waals surface area contributed by atoms with E-state index in [2.05, 4.69) is 25.3 Å². The number of nitrogens with zero attached hydrogens (tertiary/aromatic N) is 1. The van der Waals surface area contributed by atoms with Crippen LogP contribution in [0.15, 0.2) is 30.9 Å². The molecule has 0 aliphatic carbocycles. The number of hydrogen-bond acceptors (Lipinski definition) is 5. The first-order chi connectivity index (χ1) is 11.0. The first-order valence-electron chi connectivity index (χ1n) is 7.82. The summed E-state index contributed by atoms with van der Waals surface area (Å²) in [5.41, 5.74) is 1.08. The zero-order chi connectivity index (χ0) is 17.2. The largest absolute Gasteiger partial charge is 0.497 e. The first kappa shape index (κ1) is 19.5. The molecule has 1 unspecified atom stereocenters. The topological polar surface area (TPSA) is 51.2 Å². The van der Waals surface area contributed by atoms with Crippen LogP contribution < -0.4 is 9.47 Å². The van der Waals surface area contributed by atoms with Crippen molar-refractivity contribution in [2.75, 3.05) is 34.0 Å². The van der Waals surface area contributed by atoms with Gasteiger partial charge in [0.25, 0.3) is 0 Å². The summed E-state index contributed by atoms with van der Waals surface area (Å²) in [5, 5.41) is 10.1. The van der Waals surface area contributed by atoms with Crippen LogP contribution in [0.3, 0.4) is 0 Å². The van der Waals surface area contributed by atoms with E-state index in [1.54, 1.807) is 20.3 Å². The van der Waals surface area contributed by atoms with Crippen LogP contribution in [0.25, 0.3) is 0 Å². The van der Waals surface area contributed by atoms with E-state index < -0.39 is 6.10 Å². The Bertz CT molecular complexity index is 454. The molecule has 0 aromatic heterocycles. The maximum Gasteiger partial charge on any atom is 0.122 e. The number of hydrogen-bond donors (Lipinski definition) is 1. The van der Waals surface area contributed by atoms with E-state index in [0.29, 0.717) is 32.3 Å². The number of ether oxygens (including phenoxy) is 3. The predicted molar refractivity (Wildman–Crippen MR) is 92.1 cm³/mol. The van der Waals surface area contributed by atoms with Crippen molar-refractivity contribution >= 4 is 0 Å². The first-order valence-corrected chi connectivity index (χ1v) is 7.82. The Morgan fingerprint density at radius 1 is 1.17 bits per heavy atom. The average Bonchev–Trinajstić information content (AvgIpc) is 2.53. The van der Waals surface area contributed by atoms with Gasteiger partial charge in [0.15, 0.2) is 0 Å². The van der Waals surface area contributed by atoms with Crippen LogP contribution >= 0.6 is 0 Å². The second kappa shape index (κ2) is 10.3. The second-order valence-electron chi connectivity index (χ2n) is 5.72. The smallest absolute Gasteiger partial charge is 0.122 e. The van der Waals surface area contributed by atoms with E-state index in [1.807, 2.05) is 18.2 Å². The quantitative estimate of drug-likeness (QED) is 0.501. The molecule has 23 heavy (non-hydrogen) atoms. The second-order valence-corrected chi connectivity index (χ2v) is 5.72. The number of methoxy groups -OCH3 is 2. The zero-order valence-electron chi connectivity index (χ0n) is 14.6. The van der Waals surface area contributed by atoms with E-state index in [0.717, 1.165) is 17.1 Å². The zero-order valence-corrected chi connectivity index (χ0v) is 14.6. The Morgan fingerprint density at radius 3 is 2.26 bits per heavy atom. The van der Waals surface area contributed by atoms with Gasteiger partial charge in [0.2, 0.25) is 0 Å². The van der Waals surface area contributed by atoms with Crippen molar-refractivity contribution in [1.29, 1.82) is 0 Å². The van der Waals surface area contributed by atoms with Gasteiger partial charge in [-0.15, -0.1) is 6.58 Å². The molecule has 0 radical (unpaired) electrons. The third-order valence-corrected chi connectivity index (χ3v) is 3.52. The molecule has 0 heterocycles. The maximum atomic E-state index is 10.1. The minimum atomic E-state index is -0.537. The maximum absolute atomic E-state index is 10.1. The van der Waals surface area contributed by atoms with Crippen LogP contribution in [-0.2, 0) is 11.3 Å².